The molecule has 0 radical (unpaired) electrons. The molecule has 0 atom stereocenters. The topological polar surface area (TPSA) is 9.23 Å². The monoisotopic (exact) mass is 348 g/mol. The normalized spacial score (nSPS) is 12.0. The van der Waals surface area contributed by atoms with E-state index in [0.29, 0.717) is 6.61 Å². The van der Waals surface area contributed by atoms with Crippen LogP contribution in [0.4, 0.5) is 0 Å². The van der Waals surface area contributed by atoms with E-state index >= 15 is 0 Å². The molecule has 0 fully saturated rings. The summed E-state index contributed by atoms with van der Waals surface area (Å²) in [6, 6.07) is 0. The van der Waals surface area contributed by atoms with Crippen molar-refractivity contribution >= 4 is 34.4 Å². The van der Waals surface area contributed by atoms with Crippen molar-refractivity contribution < 1.29 is 3.07 Å². The van der Waals surface area contributed by atoms with E-state index in [4.69, 9.17) is 20.9 Å². The zero-order chi connectivity index (χ0) is 10.9. The van der Waals surface area contributed by atoms with Crippen molar-refractivity contribution in [3.05, 3.63) is 0 Å². The quantitative estimate of drug-likeness (QED) is 0.430. The summed E-state index contributed by atoms with van der Waals surface area (Å²) in [6.45, 7) is 4.85. The van der Waals surface area contributed by atoms with E-state index in [0.717, 1.165) is 10.9 Å². The Labute approximate surface area is 100 Å². The minimum atomic E-state index is -3.03. The van der Waals surface area contributed by atoms with E-state index in [2.05, 4.69) is 6.92 Å². The molecule has 0 aliphatic carbocycles. The van der Waals surface area contributed by atoms with Crippen molar-refractivity contribution in [2.75, 3.05) is 6.61 Å². The molecule has 14 heavy (non-hydrogen) atoms. The first-order valence-corrected chi connectivity index (χ1v) is 16.1. The van der Waals surface area contributed by atoms with E-state index < -0.39 is 16.5 Å². The third-order valence-electron chi connectivity index (χ3n) is 2.18. The summed E-state index contributed by atoms with van der Waals surface area (Å²) in [5, 5.41) is 0. The van der Waals surface area contributed by atoms with E-state index in [9.17, 15) is 0 Å². The predicted octanol–water partition coefficient (Wildman–Crippen LogP) is 4.80. The molecule has 0 N–H and O–H groups in total. The van der Waals surface area contributed by atoms with Gasteiger partial charge in [-0.3, -0.25) is 0 Å². The molecule has 0 amide bonds. The molecule has 0 rings (SSSR count). The average Bonchev–Trinajstić information content (AvgIpc) is 2.11. The SMILES string of the molecule is CCCCCCC[CH2][Sn]([Cl])([Cl])[O]CC. The van der Waals surface area contributed by atoms with Crippen LogP contribution < -0.4 is 0 Å². The molecule has 0 unspecified atom stereocenters. The molecule has 0 bridgehead atoms. The van der Waals surface area contributed by atoms with Gasteiger partial charge in [0, 0.05) is 0 Å². The standard InChI is InChI=1S/C8H17.C2H5O.2ClH.Sn/c1-3-5-7-8-6-4-2;1-2-3;;;/h1,3-8H2,2H3;2H2,1H3;2*1H;/q;-1;;;+3/p-2. The second-order valence-corrected chi connectivity index (χ2v) is 19.0. The Hall–Kier alpha value is 1.34. The first-order chi connectivity index (χ1) is 6.62. The van der Waals surface area contributed by atoms with Gasteiger partial charge >= 0.3 is 101 Å². The zero-order valence-electron chi connectivity index (χ0n) is 9.32. The van der Waals surface area contributed by atoms with Crippen LogP contribution >= 0.6 is 17.8 Å². The van der Waals surface area contributed by atoms with E-state index in [1.54, 1.807) is 0 Å². The van der Waals surface area contributed by atoms with Crippen molar-refractivity contribution in [3.8, 4) is 0 Å². The van der Waals surface area contributed by atoms with Gasteiger partial charge in [0.25, 0.3) is 0 Å². The summed E-state index contributed by atoms with van der Waals surface area (Å²) in [5.41, 5.74) is 0. The summed E-state index contributed by atoms with van der Waals surface area (Å²) in [7, 11) is 12.3. The number of hydrogen-bond donors (Lipinski definition) is 0. The van der Waals surface area contributed by atoms with Gasteiger partial charge in [-0.2, -0.15) is 0 Å². The predicted molar refractivity (Wildman–Crippen MR) is 67.3 cm³/mol. The number of unbranched alkanes of at least 4 members (excludes halogenated alkanes) is 5. The van der Waals surface area contributed by atoms with E-state index in [-0.39, 0.29) is 0 Å². The Balaban J connectivity index is 3.26. The molecular weight excluding hydrogens is 326 g/mol. The molecule has 4 heteroatoms. The maximum atomic E-state index is 6.13. The zero-order valence-corrected chi connectivity index (χ0v) is 13.7. The van der Waals surface area contributed by atoms with Crippen LogP contribution in [0.15, 0.2) is 0 Å². The summed E-state index contributed by atoms with van der Waals surface area (Å²) in [5.74, 6) is 0. The van der Waals surface area contributed by atoms with Gasteiger partial charge in [0.15, 0.2) is 0 Å². The van der Waals surface area contributed by atoms with Gasteiger partial charge in [-0.05, 0) is 0 Å². The summed E-state index contributed by atoms with van der Waals surface area (Å²) in [6.07, 6.45) is 7.71. The Morgan fingerprint density at radius 3 is 2.07 bits per heavy atom. The molecule has 0 saturated carbocycles. The van der Waals surface area contributed by atoms with E-state index in [1.807, 2.05) is 6.92 Å². The van der Waals surface area contributed by atoms with Gasteiger partial charge < -0.3 is 0 Å². The molecule has 0 heterocycles. The minimum absolute atomic E-state index is 0.666. The Morgan fingerprint density at radius 2 is 1.50 bits per heavy atom. The van der Waals surface area contributed by atoms with Gasteiger partial charge in [-0.25, -0.2) is 0 Å². The summed E-state index contributed by atoms with van der Waals surface area (Å²) < 4.78 is 6.34. The van der Waals surface area contributed by atoms with Gasteiger partial charge in [0.1, 0.15) is 0 Å². The average molecular weight is 348 g/mol. The Morgan fingerprint density at radius 1 is 0.929 bits per heavy atom. The Bertz CT molecular complexity index is 131. The van der Waals surface area contributed by atoms with Crippen molar-refractivity contribution in [3.63, 3.8) is 0 Å². The van der Waals surface area contributed by atoms with Crippen LogP contribution in [0.25, 0.3) is 0 Å². The van der Waals surface area contributed by atoms with Crippen LogP contribution in [0.1, 0.15) is 52.4 Å². The summed E-state index contributed by atoms with van der Waals surface area (Å²) >= 11 is -3.03. The fourth-order valence-electron chi connectivity index (χ4n) is 1.39. The molecule has 0 spiro atoms. The molecule has 0 aliphatic heterocycles. The van der Waals surface area contributed by atoms with Crippen LogP contribution in [-0.4, -0.2) is 23.1 Å². The van der Waals surface area contributed by atoms with Crippen molar-refractivity contribution in [1.82, 2.24) is 0 Å². The molecule has 86 valence electrons. The Kier molecular flexibility index (Phi) is 10.5. The molecule has 0 saturated heterocycles. The van der Waals surface area contributed by atoms with Crippen LogP contribution in [0.5, 0.6) is 0 Å². The molecule has 0 aromatic heterocycles. The molecule has 0 aliphatic rings. The van der Waals surface area contributed by atoms with Crippen molar-refractivity contribution in [2.45, 2.75) is 56.8 Å². The second-order valence-electron chi connectivity index (χ2n) is 3.59. The van der Waals surface area contributed by atoms with Gasteiger partial charge in [0.2, 0.25) is 0 Å². The van der Waals surface area contributed by atoms with Crippen LogP contribution in [0, 0.1) is 0 Å². The fourth-order valence-corrected chi connectivity index (χ4v) is 8.16. The fraction of sp³-hybridized carbons (Fsp3) is 1.00. The van der Waals surface area contributed by atoms with Gasteiger partial charge in [-0.15, -0.1) is 0 Å². The third kappa shape index (κ3) is 9.88. The van der Waals surface area contributed by atoms with Crippen LogP contribution in [-0.2, 0) is 3.07 Å². The van der Waals surface area contributed by atoms with Crippen molar-refractivity contribution in [1.29, 1.82) is 0 Å². The summed E-state index contributed by atoms with van der Waals surface area (Å²) in [4.78, 5) is 0. The maximum absolute atomic E-state index is 6.13. The van der Waals surface area contributed by atoms with Crippen molar-refractivity contribution in [2.24, 2.45) is 0 Å². The molecule has 0 aromatic rings. The molecule has 0 aromatic carbocycles. The van der Waals surface area contributed by atoms with Gasteiger partial charge in [-0.1, -0.05) is 0 Å². The van der Waals surface area contributed by atoms with Gasteiger partial charge in [0.05, 0.1) is 0 Å². The third-order valence-corrected chi connectivity index (χ3v) is 10.9. The first-order valence-electron chi connectivity index (χ1n) is 5.64. The number of halogens is 2. The van der Waals surface area contributed by atoms with Crippen LogP contribution in [0.2, 0.25) is 4.44 Å². The number of rotatable bonds is 9. The van der Waals surface area contributed by atoms with Crippen LogP contribution in [0.3, 0.4) is 0 Å². The number of hydrogen-bond acceptors (Lipinski definition) is 1. The molecule has 1 nitrogen and oxygen atoms in total. The first kappa shape index (κ1) is 15.3. The molecular formula is C10H22Cl2OSn. The second kappa shape index (κ2) is 9.56. The van der Waals surface area contributed by atoms with E-state index in [1.165, 1.54) is 32.1 Å².